The molecule has 108 valence electrons. The van der Waals surface area contributed by atoms with Gasteiger partial charge in [-0.25, -0.2) is 4.98 Å². The highest BCUT2D eigenvalue weighted by atomic mass is 16.2. The molecule has 0 saturated heterocycles. The van der Waals surface area contributed by atoms with Crippen LogP contribution in [-0.4, -0.2) is 35.0 Å². The second-order valence-electron chi connectivity index (χ2n) is 4.94. The molecule has 0 saturated carbocycles. The molecule has 2 heterocycles. The fourth-order valence-electron chi connectivity index (χ4n) is 2.57. The molecular formula is C15H16N4O2. The molecule has 2 N–H and O–H groups in total. The van der Waals surface area contributed by atoms with Gasteiger partial charge in [0.1, 0.15) is 11.5 Å². The van der Waals surface area contributed by atoms with Gasteiger partial charge in [0.2, 0.25) is 5.91 Å². The topological polar surface area (TPSA) is 76.0 Å². The largest absolute Gasteiger partial charge is 0.359 e. The highest BCUT2D eigenvalue weighted by molar-refractivity contribution is 5.94. The number of carbonyl (C=O) groups excluding carboxylic acids is 2. The van der Waals surface area contributed by atoms with E-state index in [0.29, 0.717) is 24.5 Å². The zero-order chi connectivity index (χ0) is 14.8. The van der Waals surface area contributed by atoms with Crippen molar-refractivity contribution in [2.75, 3.05) is 13.6 Å². The molecule has 6 heteroatoms. The Morgan fingerprint density at radius 3 is 2.90 bits per heavy atom. The van der Waals surface area contributed by atoms with E-state index in [1.807, 2.05) is 34.9 Å². The van der Waals surface area contributed by atoms with Gasteiger partial charge in [0, 0.05) is 25.6 Å². The first kappa shape index (κ1) is 13.4. The number of hydrogen-bond acceptors (Lipinski definition) is 3. The summed E-state index contributed by atoms with van der Waals surface area (Å²) in [7, 11) is 1.61. The lowest BCUT2D eigenvalue weighted by molar-refractivity contribution is -0.121. The van der Waals surface area contributed by atoms with Crippen LogP contribution in [0.3, 0.4) is 0 Å². The molecule has 1 aliphatic heterocycles. The molecular weight excluding hydrogens is 268 g/mol. The number of nitrogens with one attached hydrogen (secondary N) is 2. The fraction of sp³-hybridized carbons (Fsp3) is 0.267. The monoisotopic (exact) mass is 284 g/mol. The highest BCUT2D eigenvalue weighted by Crippen LogP contribution is 2.27. The minimum Gasteiger partial charge on any atom is -0.359 e. The van der Waals surface area contributed by atoms with Crippen LogP contribution >= 0.6 is 0 Å². The van der Waals surface area contributed by atoms with Crippen LogP contribution in [0, 0.1) is 0 Å². The first-order chi connectivity index (χ1) is 10.2. The summed E-state index contributed by atoms with van der Waals surface area (Å²) in [5.74, 6) is 0.502. The van der Waals surface area contributed by atoms with Crippen LogP contribution < -0.4 is 10.6 Å². The second kappa shape index (κ2) is 5.40. The van der Waals surface area contributed by atoms with Crippen molar-refractivity contribution in [3.05, 3.63) is 42.2 Å². The van der Waals surface area contributed by atoms with Crippen molar-refractivity contribution < 1.29 is 9.59 Å². The summed E-state index contributed by atoms with van der Waals surface area (Å²) in [6, 6.07) is 9.54. The summed E-state index contributed by atoms with van der Waals surface area (Å²) in [5, 5.41) is 5.42. The van der Waals surface area contributed by atoms with Crippen LogP contribution in [-0.2, 0) is 4.79 Å². The van der Waals surface area contributed by atoms with Gasteiger partial charge < -0.3 is 15.2 Å². The maximum absolute atomic E-state index is 12.0. The molecule has 2 aromatic rings. The number of hydrogen-bond donors (Lipinski definition) is 2. The van der Waals surface area contributed by atoms with Crippen molar-refractivity contribution in [3.63, 3.8) is 0 Å². The Hall–Kier alpha value is -2.63. The number of rotatable bonds is 3. The van der Waals surface area contributed by atoms with Crippen LogP contribution in [0.1, 0.15) is 23.0 Å². The first-order valence-corrected chi connectivity index (χ1v) is 6.82. The molecule has 0 aliphatic carbocycles. The van der Waals surface area contributed by atoms with Crippen LogP contribution in [0.25, 0.3) is 11.4 Å². The first-order valence-electron chi connectivity index (χ1n) is 6.82. The van der Waals surface area contributed by atoms with Crippen molar-refractivity contribution in [1.82, 2.24) is 20.2 Å². The molecule has 2 amide bonds. The maximum Gasteiger partial charge on any atom is 0.269 e. The Labute approximate surface area is 122 Å². The Kier molecular flexibility index (Phi) is 3.43. The number of amides is 2. The van der Waals surface area contributed by atoms with E-state index in [9.17, 15) is 9.59 Å². The third-order valence-corrected chi connectivity index (χ3v) is 3.62. The minimum absolute atomic E-state index is 0.0604. The molecule has 1 atom stereocenters. The summed E-state index contributed by atoms with van der Waals surface area (Å²) in [6.07, 6.45) is 1.87. The quantitative estimate of drug-likeness (QED) is 0.882. The summed E-state index contributed by atoms with van der Waals surface area (Å²) in [5.41, 5.74) is 1.43. The lowest BCUT2D eigenvalue weighted by Gasteiger charge is -2.27. The molecule has 3 rings (SSSR count). The van der Waals surface area contributed by atoms with E-state index in [2.05, 4.69) is 15.6 Å². The lowest BCUT2D eigenvalue weighted by Crippen LogP contribution is -2.40. The number of aromatic nitrogens is 2. The zero-order valence-electron chi connectivity index (χ0n) is 11.7. The predicted octanol–water partition coefficient (Wildman–Crippen LogP) is 0.971. The zero-order valence-corrected chi connectivity index (χ0v) is 11.7. The number of benzene rings is 1. The van der Waals surface area contributed by atoms with Crippen molar-refractivity contribution >= 4 is 11.8 Å². The van der Waals surface area contributed by atoms with Crippen LogP contribution in [0.2, 0.25) is 0 Å². The number of nitrogens with zero attached hydrogens (tertiary/aromatic N) is 2. The highest BCUT2D eigenvalue weighted by Gasteiger charge is 2.29. The van der Waals surface area contributed by atoms with Gasteiger partial charge in [-0.1, -0.05) is 30.3 Å². The third kappa shape index (κ3) is 2.40. The Balaban J connectivity index is 2.05. The SMILES string of the molecule is CNC(=O)CC1CNC(=O)c2cnc(-c3ccccc3)n21. The van der Waals surface area contributed by atoms with Crippen LogP contribution in [0.4, 0.5) is 0 Å². The molecule has 0 bridgehead atoms. The molecule has 6 nitrogen and oxygen atoms in total. The van der Waals surface area contributed by atoms with Crippen molar-refractivity contribution in [3.8, 4) is 11.4 Å². The van der Waals surface area contributed by atoms with Gasteiger partial charge in [-0.15, -0.1) is 0 Å². The maximum atomic E-state index is 12.0. The Morgan fingerprint density at radius 2 is 2.19 bits per heavy atom. The van der Waals surface area contributed by atoms with Gasteiger partial charge in [0.15, 0.2) is 0 Å². The van der Waals surface area contributed by atoms with Gasteiger partial charge in [-0.2, -0.15) is 0 Å². The van der Waals surface area contributed by atoms with Gasteiger partial charge in [0.25, 0.3) is 5.91 Å². The molecule has 1 unspecified atom stereocenters. The van der Waals surface area contributed by atoms with Crippen molar-refractivity contribution in [1.29, 1.82) is 0 Å². The van der Waals surface area contributed by atoms with Gasteiger partial charge in [-0.3, -0.25) is 9.59 Å². The van der Waals surface area contributed by atoms with E-state index in [1.54, 1.807) is 13.2 Å². The standard InChI is InChI=1S/C15H16N4O2/c1-16-13(20)7-11-8-18-15(21)12-9-17-14(19(11)12)10-5-3-2-4-6-10/h2-6,9,11H,7-8H2,1H3,(H,16,20)(H,18,21). The predicted molar refractivity (Wildman–Crippen MR) is 77.7 cm³/mol. The molecule has 0 radical (unpaired) electrons. The second-order valence-corrected chi connectivity index (χ2v) is 4.94. The van der Waals surface area contributed by atoms with E-state index in [-0.39, 0.29) is 17.9 Å². The molecule has 21 heavy (non-hydrogen) atoms. The van der Waals surface area contributed by atoms with Gasteiger partial charge >= 0.3 is 0 Å². The van der Waals surface area contributed by atoms with E-state index < -0.39 is 0 Å². The number of carbonyl (C=O) groups is 2. The summed E-state index contributed by atoms with van der Waals surface area (Å²) in [6.45, 7) is 0.426. The average Bonchev–Trinajstić information content (AvgIpc) is 2.97. The average molecular weight is 284 g/mol. The van der Waals surface area contributed by atoms with Crippen molar-refractivity contribution in [2.24, 2.45) is 0 Å². The number of fused-ring (bicyclic) bond motifs is 1. The van der Waals surface area contributed by atoms with Crippen LogP contribution in [0.5, 0.6) is 0 Å². The van der Waals surface area contributed by atoms with E-state index in [1.165, 1.54) is 0 Å². The van der Waals surface area contributed by atoms with Crippen molar-refractivity contribution in [2.45, 2.75) is 12.5 Å². The Morgan fingerprint density at radius 1 is 1.43 bits per heavy atom. The lowest BCUT2D eigenvalue weighted by atomic mass is 10.1. The molecule has 1 aliphatic rings. The van der Waals surface area contributed by atoms with E-state index >= 15 is 0 Å². The third-order valence-electron chi connectivity index (χ3n) is 3.62. The number of imidazole rings is 1. The molecule has 0 fully saturated rings. The molecule has 1 aromatic carbocycles. The van der Waals surface area contributed by atoms with Crippen LogP contribution in [0.15, 0.2) is 36.5 Å². The summed E-state index contributed by atoms with van der Waals surface area (Å²) < 4.78 is 1.86. The summed E-state index contributed by atoms with van der Waals surface area (Å²) in [4.78, 5) is 28.0. The van der Waals surface area contributed by atoms with Gasteiger partial charge in [-0.05, 0) is 0 Å². The normalized spacial score (nSPS) is 17.0. The minimum atomic E-state index is -0.155. The van der Waals surface area contributed by atoms with Gasteiger partial charge in [0.05, 0.1) is 12.2 Å². The fourth-order valence-corrected chi connectivity index (χ4v) is 2.57. The molecule has 0 spiro atoms. The summed E-state index contributed by atoms with van der Waals surface area (Å²) >= 11 is 0. The Bertz CT molecular complexity index is 678. The van der Waals surface area contributed by atoms with E-state index in [0.717, 1.165) is 5.56 Å². The molecule has 1 aromatic heterocycles. The smallest absolute Gasteiger partial charge is 0.269 e. The van der Waals surface area contributed by atoms with E-state index in [4.69, 9.17) is 0 Å².